The monoisotopic (exact) mass is 664 g/mol. The topological polar surface area (TPSA) is 152 Å². The molecular weight excluding hydrogens is 636 g/mol. The Morgan fingerprint density at radius 1 is 1.05 bits per heavy atom. The number of methoxy groups -OCH3 is 1. The van der Waals surface area contributed by atoms with Gasteiger partial charge in [0, 0.05) is 73.7 Å². The summed E-state index contributed by atoms with van der Waals surface area (Å²) in [5.41, 5.74) is 6.66. The highest BCUT2D eigenvalue weighted by Gasteiger charge is 2.24. The number of benzene rings is 2. The van der Waals surface area contributed by atoms with E-state index in [1.54, 1.807) is 31.6 Å². The van der Waals surface area contributed by atoms with Crippen LogP contribution < -0.4 is 25.0 Å². The molecular formula is C28H29BrN10O3S. The molecule has 0 saturated carbocycles. The highest BCUT2D eigenvalue weighted by Crippen LogP contribution is 2.43. The second-order valence-electron chi connectivity index (χ2n) is 9.95. The molecule has 0 aliphatic carbocycles. The third-order valence-electron chi connectivity index (χ3n) is 7.18. The number of ether oxygens (including phenoxy) is 1. The van der Waals surface area contributed by atoms with Crippen LogP contribution in [0.2, 0.25) is 0 Å². The van der Waals surface area contributed by atoms with E-state index in [4.69, 9.17) is 9.72 Å². The number of fused-ring (bicyclic) bond motifs is 4. The fourth-order valence-corrected chi connectivity index (χ4v) is 6.05. The van der Waals surface area contributed by atoms with Crippen molar-refractivity contribution in [1.29, 1.82) is 0 Å². The summed E-state index contributed by atoms with van der Waals surface area (Å²) < 4.78 is 35.3. The first kappa shape index (κ1) is 28.6. The van der Waals surface area contributed by atoms with Gasteiger partial charge in [-0.15, -0.1) is 0 Å². The second kappa shape index (κ2) is 11.3. The molecule has 0 atom stereocenters. The van der Waals surface area contributed by atoms with Gasteiger partial charge in [0.15, 0.2) is 0 Å². The smallest absolute Gasteiger partial charge is 0.229 e. The van der Waals surface area contributed by atoms with Crippen molar-refractivity contribution in [3.8, 4) is 16.9 Å². The zero-order chi connectivity index (χ0) is 30.3. The number of halogens is 1. The highest BCUT2D eigenvalue weighted by atomic mass is 79.9. The maximum atomic E-state index is 12.2. The normalized spacial score (nSPS) is 12.8. The second-order valence-corrected chi connectivity index (χ2v) is 12.6. The number of nitrogens with one attached hydrogen (secondary N) is 3. The van der Waals surface area contributed by atoms with Gasteiger partial charge >= 0.3 is 0 Å². The molecule has 0 spiro atoms. The van der Waals surface area contributed by atoms with Crippen molar-refractivity contribution >= 4 is 71.5 Å². The molecule has 2 aromatic carbocycles. The maximum absolute atomic E-state index is 12.2. The molecule has 0 fully saturated rings. The van der Waals surface area contributed by atoms with Gasteiger partial charge < -0.3 is 20.3 Å². The van der Waals surface area contributed by atoms with E-state index < -0.39 is 10.0 Å². The number of aromatic nitrogens is 6. The van der Waals surface area contributed by atoms with Crippen LogP contribution in [-0.2, 0) is 23.5 Å². The van der Waals surface area contributed by atoms with Crippen LogP contribution in [-0.4, -0.2) is 64.6 Å². The van der Waals surface area contributed by atoms with E-state index in [-0.39, 0.29) is 5.69 Å². The van der Waals surface area contributed by atoms with Crippen LogP contribution in [0.5, 0.6) is 5.75 Å². The van der Waals surface area contributed by atoms with Gasteiger partial charge in [-0.2, -0.15) is 10.1 Å². The fraction of sp³-hybridized carbons (Fsp3) is 0.250. The number of anilines is 6. The lowest BCUT2D eigenvalue weighted by molar-refractivity contribution is 0.417. The Bertz CT molecular complexity index is 1960. The molecule has 4 heterocycles. The third-order valence-corrected chi connectivity index (χ3v) is 8.34. The van der Waals surface area contributed by atoms with Crippen LogP contribution >= 0.6 is 15.9 Å². The van der Waals surface area contributed by atoms with Crippen molar-refractivity contribution in [2.45, 2.75) is 13.3 Å². The molecule has 15 heteroatoms. The molecule has 6 rings (SSSR count). The van der Waals surface area contributed by atoms with E-state index in [1.807, 2.05) is 30.1 Å². The van der Waals surface area contributed by atoms with Gasteiger partial charge in [-0.1, -0.05) is 0 Å². The standard InChI is InChI=1S/C28H29BrN10O3S/c1-5-39-11-8-22-17(14-33-38(22)2)16-12-21(24(42-3)13-23(16)39)35-28-32-15-18(29)27(36-28)34-20-7-6-19-25(31-10-9-30-19)26(20)37-43(4,40)41/h6-7,9-10,12-15,37H,5,8,11H2,1-4H3,(H2,32,34,35,36). The largest absolute Gasteiger partial charge is 0.494 e. The minimum atomic E-state index is -3.62. The molecule has 0 saturated heterocycles. The predicted molar refractivity (Wildman–Crippen MR) is 171 cm³/mol. The van der Waals surface area contributed by atoms with Gasteiger partial charge in [-0.3, -0.25) is 19.4 Å². The van der Waals surface area contributed by atoms with Gasteiger partial charge in [0.1, 0.15) is 17.1 Å². The van der Waals surface area contributed by atoms with Crippen molar-refractivity contribution in [2.75, 3.05) is 46.7 Å². The summed E-state index contributed by atoms with van der Waals surface area (Å²) in [7, 11) is -0.0310. The summed E-state index contributed by atoms with van der Waals surface area (Å²) >= 11 is 3.51. The van der Waals surface area contributed by atoms with Gasteiger partial charge in [-0.25, -0.2) is 13.4 Å². The molecule has 3 aromatic heterocycles. The molecule has 13 nitrogen and oxygen atoms in total. The Morgan fingerprint density at radius 2 is 1.86 bits per heavy atom. The van der Waals surface area contributed by atoms with Gasteiger partial charge in [-0.05, 0) is 41.1 Å². The molecule has 43 heavy (non-hydrogen) atoms. The summed E-state index contributed by atoms with van der Waals surface area (Å²) in [4.78, 5) is 20.1. The number of aryl methyl sites for hydroxylation is 1. The lowest BCUT2D eigenvalue weighted by atomic mass is 10.0. The molecule has 3 N–H and O–H groups in total. The first-order valence-electron chi connectivity index (χ1n) is 13.4. The Morgan fingerprint density at radius 3 is 2.63 bits per heavy atom. The summed E-state index contributed by atoms with van der Waals surface area (Å²) in [6.45, 7) is 3.86. The molecule has 222 valence electrons. The van der Waals surface area contributed by atoms with Gasteiger partial charge in [0.05, 0.1) is 46.6 Å². The summed E-state index contributed by atoms with van der Waals surface area (Å²) in [6.07, 6.45) is 8.51. The number of sulfonamides is 1. The van der Waals surface area contributed by atoms with Crippen LogP contribution in [0.1, 0.15) is 12.6 Å². The SMILES string of the molecule is CCN1CCc2c(cnn2C)-c2cc(Nc3ncc(Br)c(Nc4ccc5nccnc5c4NS(C)(=O)=O)n3)c(OC)cc21. The first-order chi connectivity index (χ1) is 20.6. The van der Waals surface area contributed by atoms with E-state index in [9.17, 15) is 8.42 Å². The molecule has 1 aliphatic heterocycles. The molecule has 0 bridgehead atoms. The van der Waals surface area contributed by atoms with E-state index >= 15 is 0 Å². The zero-order valence-electron chi connectivity index (χ0n) is 23.9. The predicted octanol–water partition coefficient (Wildman–Crippen LogP) is 4.83. The molecule has 0 amide bonds. The maximum Gasteiger partial charge on any atom is 0.229 e. The lowest BCUT2D eigenvalue weighted by Crippen LogP contribution is -2.25. The van der Waals surface area contributed by atoms with E-state index in [0.29, 0.717) is 44.4 Å². The Balaban J connectivity index is 1.39. The number of likely N-dealkylation sites (N-methyl/N-ethyl adjacent to an activating group) is 1. The molecule has 0 unspecified atom stereocenters. The van der Waals surface area contributed by atoms with E-state index in [2.05, 4.69) is 63.2 Å². The van der Waals surface area contributed by atoms with Crippen LogP contribution in [0.15, 0.2) is 53.5 Å². The summed E-state index contributed by atoms with van der Waals surface area (Å²) in [6, 6.07) is 7.53. The zero-order valence-corrected chi connectivity index (χ0v) is 26.3. The van der Waals surface area contributed by atoms with E-state index in [1.165, 1.54) is 11.9 Å². The minimum absolute atomic E-state index is 0.258. The van der Waals surface area contributed by atoms with Gasteiger partial charge in [0.2, 0.25) is 16.0 Å². The molecule has 0 radical (unpaired) electrons. The fourth-order valence-electron chi connectivity index (χ4n) is 5.18. The van der Waals surface area contributed by atoms with Crippen LogP contribution in [0.3, 0.4) is 0 Å². The Hall–Kier alpha value is -4.50. The number of nitrogens with zero attached hydrogens (tertiary/aromatic N) is 7. The number of rotatable bonds is 8. The average molecular weight is 666 g/mol. The number of hydrogen-bond acceptors (Lipinski definition) is 11. The van der Waals surface area contributed by atoms with Gasteiger partial charge in [0.25, 0.3) is 0 Å². The van der Waals surface area contributed by atoms with Crippen molar-refractivity contribution in [3.63, 3.8) is 0 Å². The number of hydrogen-bond donors (Lipinski definition) is 3. The summed E-state index contributed by atoms with van der Waals surface area (Å²) in [5, 5.41) is 11.0. The highest BCUT2D eigenvalue weighted by molar-refractivity contribution is 9.10. The van der Waals surface area contributed by atoms with Crippen molar-refractivity contribution in [3.05, 3.63) is 59.2 Å². The van der Waals surface area contributed by atoms with Crippen molar-refractivity contribution in [1.82, 2.24) is 29.7 Å². The lowest BCUT2D eigenvalue weighted by Gasteiger charge is -2.25. The average Bonchev–Trinajstić information content (AvgIpc) is 3.27. The third kappa shape index (κ3) is 5.64. The van der Waals surface area contributed by atoms with E-state index in [0.717, 1.165) is 42.6 Å². The quantitative estimate of drug-likeness (QED) is 0.209. The van der Waals surface area contributed by atoms with Crippen molar-refractivity contribution < 1.29 is 13.2 Å². The first-order valence-corrected chi connectivity index (χ1v) is 16.1. The Kier molecular flexibility index (Phi) is 7.52. The Labute approximate surface area is 256 Å². The molecule has 1 aliphatic rings. The molecule has 5 aromatic rings. The van der Waals surface area contributed by atoms with Crippen LogP contribution in [0, 0.1) is 0 Å². The van der Waals surface area contributed by atoms with Crippen LogP contribution in [0.25, 0.3) is 22.2 Å². The summed E-state index contributed by atoms with van der Waals surface area (Å²) in [5.74, 6) is 1.34. The minimum Gasteiger partial charge on any atom is -0.494 e. The van der Waals surface area contributed by atoms with Crippen molar-refractivity contribution in [2.24, 2.45) is 7.05 Å². The van der Waals surface area contributed by atoms with Crippen LogP contribution in [0.4, 0.5) is 34.5 Å².